The first-order valence-corrected chi connectivity index (χ1v) is 9.93. The van der Waals surface area contributed by atoms with E-state index in [0.29, 0.717) is 6.61 Å². The smallest absolute Gasteiger partial charge is 0.226 e. The predicted octanol–water partition coefficient (Wildman–Crippen LogP) is 3.43. The van der Waals surface area contributed by atoms with Crippen molar-refractivity contribution >= 4 is 24.2 Å². The van der Waals surface area contributed by atoms with E-state index in [-0.39, 0.29) is 11.1 Å². The van der Waals surface area contributed by atoms with Gasteiger partial charge in [0.25, 0.3) is 0 Å². The third kappa shape index (κ3) is 2.65. The van der Waals surface area contributed by atoms with Crippen LogP contribution in [0.1, 0.15) is 20.8 Å². The van der Waals surface area contributed by atoms with Crippen LogP contribution >= 0.6 is 15.9 Å². The van der Waals surface area contributed by atoms with Crippen LogP contribution in [0, 0.1) is 0 Å². The first kappa shape index (κ1) is 14.1. The quantitative estimate of drug-likeness (QED) is 0.778. The second-order valence-corrected chi connectivity index (χ2v) is 11.9. The summed E-state index contributed by atoms with van der Waals surface area (Å²) in [5.41, 5.74) is 0. The molecule has 2 heterocycles. The number of fused-ring (bicyclic) bond motifs is 1. The van der Waals surface area contributed by atoms with Crippen molar-refractivity contribution in [3.8, 4) is 5.88 Å². The van der Waals surface area contributed by atoms with E-state index >= 15 is 0 Å². The summed E-state index contributed by atoms with van der Waals surface area (Å²) in [5, 5.41) is 4.50. The van der Waals surface area contributed by atoms with Gasteiger partial charge in [-0.2, -0.15) is 5.10 Å². The van der Waals surface area contributed by atoms with Gasteiger partial charge in [0.05, 0.1) is 23.3 Å². The molecular weight excluding hydrogens is 312 g/mol. The summed E-state index contributed by atoms with van der Waals surface area (Å²) in [6.45, 7) is 12.7. The highest BCUT2D eigenvalue weighted by atomic mass is 79.9. The van der Waals surface area contributed by atoms with Crippen LogP contribution in [0.15, 0.2) is 10.7 Å². The third-order valence-corrected chi connectivity index (χ3v) is 8.88. The van der Waals surface area contributed by atoms with Gasteiger partial charge < -0.3 is 9.16 Å². The molecule has 102 valence electrons. The van der Waals surface area contributed by atoms with Crippen molar-refractivity contribution < 1.29 is 9.16 Å². The van der Waals surface area contributed by atoms with E-state index in [0.717, 1.165) is 16.9 Å². The lowest BCUT2D eigenvalue weighted by molar-refractivity contribution is 0.0631. The molecule has 4 nitrogen and oxygen atoms in total. The molecule has 18 heavy (non-hydrogen) atoms. The fourth-order valence-electron chi connectivity index (χ4n) is 1.71. The molecule has 0 aliphatic carbocycles. The summed E-state index contributed by atoms with van der Waals surface area (Å²) < 4.78 is 14.8. The molecule has 0 amide bonds. The summed E-state index contributed by atoms with van der Waals surface area (Å²) in [6.07, 6.45) is 1.87. The third-order valence-electron chi connectivity index (χ3n) is 3.80. The average Bonchev–Trinajstić information content (AvgIpc) is 2.58. The number of hydrogen-bond acceptors (Lipinski definition) is 3. The Morgan fingerprint density at radius 2 is 2.17 bits per heavy atom. The van der Waals surface area contributed by atoms with Gasteiger partial charge in [0.15, 0.2) is 8.32 Å². The Labute approximate surface area is 118 Å². The number of rotatable bonds is 2. The molecule has 0 fully saturated rings. The van der Waals surface area contributed by atoms with Crippen molar-refractivity contribution in [1.82, 2.24) is 9.78 Å². The molecule has 0 radical (unpaired) electrons. The summed E-state index contributed by atoms with van der Waals surface area (Å²) in [5.74, 6) is 0.810. The second kappa shape index (κ2) is 4.65. The van der Waals surface area contributed by atoms with E-state index in [9.17, 15) is 0 Å². The van der Waals surface area contributed by atoms with Gasteiger partial charge in [-0.3, -0.25) is 0 Å². The van der Waals surface area contributed by atoms with E-state index in [1.54, 1.807) is 6.20 Å². The number of aromatic nitrogens is 2. The largest absolute Gasteiger partial charge is 0.474 e. The van der Waals surface area contributed by atoms with Crippen molar-refractivity contribution in [3.05, 3.63) is 10.7 Å². The molecule has 0 aromatic carbocycles. The lowest BCUT2D eigenvalue weighted by atomic mass is 10.2. The van der Waals surface area contributed by atoms with Gasteiger partial charge in [0.2, 0.25) is 5.88 Å². The molecule has 0 saturated carbocycles. The van der Waals surface area contributed by atoms with Gasteiger partial charge in [0, 0.05) is 0 Å². The molecule has 1 aromatic heterocycles. The van der Waals surface area contributed by atoms with Crippen molar-refractivity contribution in [3.63, 3.8) is 0 Å². The van der Waals surface area contributed by atoms with Crippen molar-refractivity contribution in [2.75, 3.05) is 6.61 Å². The zero-order chi connectivity index (χ0) is 13.6. The lowest BCUT2D eigenvalue weighted by Gasteiger charge is -2.40. The Kier molecular flexibility index (Phi) is 3.64. The molecular formula is C12H21BrN2O2Si. The Morgan fingerprint density at radius 1 is 1.50 bits per heavy atom. The maximum Gasteiger partial charge on any atom is 0.226 e. The summed E-state index contributed by atoms with van der Waals surface area (Å²) in [7, 11) is -1.74. The molecule has 0 bridgehead atoms. The monoisotopic (exact) mass is 332 g/mol. The van der Waals surface area contributed by atoms with Gasteiger partial charge in [-0.1, -0.05) is 20.8 Å². The van der Waals surface area contributed by atoms with Crippen LogP contribution in [0.2, 0.25) is 18.1 Å². The van der Waals surface area contributed by atoms with E-state index in [4.69, 9.17) is 9.16 Å². The summed E-state index contributed by atoms with van der Waals surface area (Å²) >= 11 is 3.42. The molecule has 6 heteroatoms. The molecule has 1 aromatic rings. The topological polar surface area (TPSA) is 36.3 Å². The van der Waals surface area contributed by atoms with Gasteiger partial charge in [0.1, 0.15) is 6.61 Å². The van der Waals surface area contributed by atoms with Gasteiger partial charge in [-0.25, -0.2) is 4.68 Å². The predicted molar refractivity (Wildman–Crippen MR) is 77.5 cm³/mol. The van der Waals surface area contributed by atoms with E-state index in [1.165, 1.54) is 0 Å². The zero-order valence-corrected chi connectivity index (χ0v) is 14.2. The number of halogens is 1. The van der Waals surface area contributed by atoms with Crippen LogP contribution in [0.5, 0.6) is 5.88 Å². The maximum absolute atomic E-state index is 6.35. The van der Waals surface area contributed by atoms with Crippen LogP contribution in [0.3, 0.4) is 0 Å². The molecule has 0 unspecified atom stereocenters. The minimum absolute atomic E-state index is 0.102. The van der Waals surface area contributed by atoms with Gasteiger partial charge >= 0.3 is 0 Å². The highest BCUT2D eigenvalue weighted by Crippen LogP contribution is 2.38. The molecule has 0 saturated heterocycles. The fourth-order valence-corrected chi connectivity index (χ4v) is 3.45. The zero-order valence-electron chi connectivity index (χ0n) is 11.7. The Balaban J connectivity index is 2.06. The summed E-state index contributed by atoms with van der Waals surface area (Å²) in [6, 6.07) is 0. The van der Waals surface area contributed by atoms with Crippen molar-refractivity contribution in [2.45, 2.75) is 51.6 Å². The molecule has 0 spiro atoms. The second-order valence-electron chi connectivity index (χ2n) is 6.29. The Morgan fingerprint density at radius 3 is 2.78 bits per heavy atom. The average molecular weight is 333 g/mol. The first-order chi connectivity index (χ1) is 8.21. The number of nitrogens with zero attached hydrogens (tertiary/aromatic N) is 2. The molecule has 1 atom stereocenters. The van der Waals surface area contributed by atoms with Crippen molar-refractivity contribution in [2.24, 2.45) is 0 Å². The Hall–Kier alpha value is -0.333. The van der Waals surface area contributed by atoms with Gasteiger partial charge in [-0.15, -0.1) is 0 Å². The van der Waals surface area contributed by atoms with E-state index in [2.05, 4.69) is 54.9 Å². The van der Waals surface area contributed by atoms with Crippen LogP contribution in [-0.4, -0.2) is 30.8 Å². The molecule has 0 N–H and O–H groups in total. The molecule has 1 aliphatic rings. The standard InChI is InChI=1S/C12H21BrN2O2Si/c1-12(2,3)18(4,5)17-9-7-15-11(16-8-9)10(13)6-14-15/h6,9H,7-8H2,1-5H3/t9-/m0/s1. The van der Waals surface area contributed by atoms with E-state index in [1.807, 2.05) is 4.68 Å². The van der Waals surface area contributed by atoms with Crippen LogP contribution in [0.25, 0.3) is 0 Å². The van der Waals surface area contributed by atoms with Gasteiger partial charge in [-0.05, 0) is 34.1 Å². The highest BCUT2D eigenvalue weighted by molar-refractivity contribution is 9.10. The SMILES string of the molecule is CC(C)(C)[Si](C)(C)O[C@@H]1COc2c(Br)cnn2C1. The lowest BCUT2D eigenvalue weighted by Crippen LogP contribution is -2.47. The number of hydrogen-bond donors (Lipinski definition) is 0. The molecule has 1 aliphatic heterocycles. The maximum atomic E-state index is 6.35. The Bertz CT molecular complexity index is 440. The number of ether oxygens (including phenoxy) is 1. The minimum Gasteiger partial charge on any atom is -0.474 e. The molecule has 2 rings (SSSR count). The fraction of sp³-hybridized carbons (Fsp3) is 0.750. The van der Waals surface area contributed by atoms with Crippen molar-refractivity contribution in [1.29, 1.82) is 0 Å². The van der Waals surface area contributed by atoms with Crippen LogP contribution in [0.4, 0.5) is 0 Å². The highest BCUT2D eigenvalue weighted by Gasteiger charge is 2.40. The normalized spacial score (nSPS) is 20.4. The van der Waals surface area contributed by atoms with Crippen LogP contribution in [-0.2, 0) is 11.0 Å². The minimum atomic E-state index is -1.74. The van der Waals surface area contributed by atoms with E-state index < -0.39 is 8.32 Å². The first-order valence-electron chi connectivity index (χ1n) is 6.22. The van der Waals surface area contributed by atoms with Crippen LogP contribution < -0.4 is 4.74 Å². The summed E-state index contributed by atoms with van der Waals surface area (Å²) in [4.78, 5) is 0.